The van der Waals surface area contributed by atoms with Crippen LogP contribution in [0.25, 0.3) is 0 Å². The summed E-state index contributed by atoms with van der Waals surface area (Å²) < 4.78 is 11.4. The van der Waals surface area contributed by atoms with Crippen molar-refractivity contribution in [3.63, 3.8) is 0 Å². The molecule has 0 aliphatic rings. The maximum absolute atomic E-state index is 10.8. The molecule has 0 heterocycles. The van der Waals surface area contributed by atoms with Gasteiger partial charge in [-0.2, -0.15) is 5.10 Å². The van der Waals surface area contributed by atoms with Gasteiger partial charge in [0, 0.05) is 12.5 Å². The predicted molar refractivity (Wildman–Crippen MR) is 90.0 cm³/mol. The summed E-state index contributed by atoms with van der Waals surface area (Å²) in [7, 11) is 0. The van der Waals surface area contributed by atoms with Gasteiger partial charge in [-0.15, -0.1) is 0 Å². The summed E-state index contributed by atoms with van der Waals surface area (Å²) in [5.74, 6) is 1.30. The molecule has 0 aliphatic carbocycles. The summed E-state index contributed by atoms with van der Waals surface area (Å²) >= 11 is 0. The second kappa shape index (κ2) is 8.58. The number of ether oxygens (including phenoxy) is 2. The third-order valence-electron chi connectivity index (χ3n) is 2.94. The number of nitrogens with zero attached hydrogens (tertiary/aromatic N) is 1. The molecule has 0 aromatic heterocycles. The summed E-state index contributed by atoms with van der Waals surface area (Å²) in [6.45, 7) is 4.29. The molecular formula is C18H20N2O3. The number of carbonyl (C=O) groups is 1. The lowest BCUT2D eigenvalue weighted by Gasteiger charge is -2.10. The van der Waals surface area contributed by atoms with Crippen molar-refractivity contribution in [2.75, 3.05) is 13.2 Å². The molecule has 0 bridgehead atoms. The Kier molecular flexibility index (Phi) is 6.17. The van der Waals surface area contributed by atoms with Gasteiger partial charge < -0.3 is 9.47 Å². The predicted octanol–water partition coefficient (Wildman–Crippen LogP) is 2.92. The van der Waals surface area contributed by atoms with E-state index in [1.54, 1.807) is 6.21 Å². The molecule has 2 aromatic rings. The molecule has 0 unspecified atom stereocenters. The van der Waals surface area contributed by atoms with E-state index in [9.17, 15) is 4.79 Å². The van der Waals surface area contributed by atoms with E-state index in [1.165, 1.54) is 6.92 Å². The molecule has 120 valence electrons. The van der Waals surface area contributed by atoms with Gasteiger partial charge in [0.25, 0.3) is 0 Å². The van der Waals surface area contributed by atoms with Gasteiger partial charge in [-0.25, -0.2) is 5.43 Å². The molecule has 0 aliphatic heterocycles. The van der Waals surface area contributed by atoms with Crippen LogP contribution in [0.1, 0.15) is 18.1 Å². The molecule has 0 atom stereocenters. The number of hydrogen-bond acceptors (Lipinski definition) is 4. The average molecular weight is 312 g/mol. The Bertz CT molecular complexity index is 683. The summed E-state index contributed by atoms with van der Waals surface area (Å²) in [4.78, 5) is 10.8. The Balaban J connectivity index is 1.85. The van der Waals surface area contributed by atoms with Gasteiger partial charge in [-0.05, 0) is 36.8 Å². The summed E-state index contributed by atoms with van der Waals surface area (Å²) in [6, 6.07) is 15.4. The van der Waals surface area contributed by atoms with Gasteiger partial charge >= 0.3 is 0 Å². The Hall–Kier alpha value is -2.82. The second-order valence-corrected chi connectivity index (χ2v) is 4.98. The number of rotatable bonds is 7. The maximum Gasteiger partial charge on any atom is 0.236 e. The van der Waals surface area contributed by atoms with Crippen LogP contribution in [-0.4, -0.2) is 25.3 Å². The fraction of sp³-hybridized carbons (Fsp3) is 0.222. The Morgan fingerprint density at radius 2 is 1.91 bits per heavy atom. The number of para-hydroxylation sites is 1. The smallest absolute Gasteiger partial charge is 0.236 e. The highest BCUT2D eigenvalue weighted by Gasteiger charge is 2.01. The largest absolute Gasteiger partial charge is 0.490 e. The maximum atomic E-state index is 10.8. The van der Waals surface area contributed by atoms with Gasteiger partial charge in [0.2, 0.25) is 5.91 Å². The lowest BCUT2D eigenvalue weighted by molar-refractivity contribution is -0.118. The van der Waals surface area contributed by atoms with Crippen LogP contribution in [0.15, 0.2) is 53.6 Å². The van der Waals surface area contributed by atoms with Crippen LogP contribution < -0.4 is 14.9 Å². The van der Waals surface area contributed by atoms with Crippen LogP contribution in [0.3, 0.4) is 0 Å². The molecule has 2 aromatic carbocycles. The standard InChI is InChI=1S/C18H20N2O3/c1-14-6-5-8-17(12-14)22-10-11-23-18-9-4-3-7-16(18)13-19-20-15(2)21/h3-9,12-13H,10-11H2,1-2H3,(H,20,21). The normalized spacial score (nSPS) is 10.5. The first-order chi connectivity index (χ1) is 11.1. The molecule has 23 heavy (non-hydrogen) atoms. The van der Waals surface area contributed by atoms with Crippen molar-refractivity contribution in [1.29, 1.82) is 0 Å². The van der Waals surface area contributed by atoms with Crippen molar-refractivity contribution in [2.24, 2.45) is 5.10 Å². The SMILES string of the molecule is CC(=O)NN=Cc1ccccc1OCCOc1cccc(C)c1. The number of hydrogen-bond donors (Lipinski definition) is 1. The van der Waals surface area contributed by atoms with Crippen LogP contribution in [-0.2, 0) is 4.79 Å². The van der Waals surface area contributed by atoms with Crippen molar-refractivity contribution in [3.8, 4) is 11.5 Å². The van der Waals surface area contributed by atoms with Gasteiger partial charge in [0.15, 0.2) is 0 Å². The summed E-state index contributed by atoms with van der Waals surface area (Å²) in [6.07, 6.45) is 1.55. The van der Waals surface area contributed by atoms with E-state index >= 15 is 0 Å². The molecule has 0 fully saturated rings. The van der Waals surface area contributed by atoms with Crippen molar-refractivity contribution in [3.05, 3.63) is 59.7 Å². The van der Waals surface area contributed by atoms with Crippen molar-refractivity contribution >= 4 is 12.1 Å². The molecule has 0 radical (unpaired) electrons. The first-order valence-corrected chi connectivity index (χ1v) is 7.36. The highest BCUT2D eigenvalue weighted by atomic mass is 16.5. The van der Waals surface area contributed by atoms with E-state index < -0.39 is 0 Å². The van der Waals surface area contributed by atoms with E-state index in [0.29, 0.717) is 19.0 Å². The molecule has 0 saturated heterocycles. The number of benzene rings is 2. The zero-order valence-corrected chi connectivity index (χ0v) is 13.3. The quantitative estimate of drug-likeness (QED) is 0.486. The molecule has 1 N–H and O–H groups in total. The van der Waals surface area contributed by atoms with Gasteiger partial charge in [0.05, 0.1) is 6.21 Å². The second-order valence-electron chi connectivity index (χ2n) is 4.98. The molecular weight excluding hydrogens is 292 g/mol. The van der Waals surface area contributed by atoms with Crippen LogP contribution >= 0.6 is 0 Å². The first kappa shape index (κ1) is 16.5. The Morgan fingerprint density at radius 1 is 1.13 bits per heavy atom. The van der Waals surface area contributed by atoms with Crippen molar-refractivity contribution in [1.82, 2.24) is 5.43 Å². The van der Waals surface area contributed by atoms with Gasteiger partial charge in [-0.1, -0.05) is 24.3 Å². The molecule has 1 amide bonds. The number of amides is 1. The van der Waals surface area contributed by atoms with E-state index in [2.05, 4.69) is 10.5 Å². The monoisotopic (exact) mass is 312 g/mol. The minimum atomic E-state index is -0.216. The Labute approximate surface area is 135 Å². The fourth-order valence-corrected chi connectivity index (χ4v) is 1.93. The average Bonchev–Trinajstić information content (AvgIpc) is 2.52. The molecule has 5 nitrogen and oxygen atoms in total. The lowest BCUT2D eigenvalue weighted by Crippen LogP contribution is -2.13. The third-order valence-corrected chi connectivity index (χ3v) is 2.94. The highest BCUT2D eigenvalue weighted by Crippen LogP contribution is 2.16. The molecule has 0 saturated carbocycles. The molecule has 0 spiro atoms. The first-order valence-electron chi connectivity index (χ1n) is 7.36. The number of carbonyl (C=O) groups excluding carboxylic acids is 1. The number of aryl methyl sites for hydroxylation is 1. The van der Waals surface area contributed by atoms with Crippen LogP contribution in [0.2, 0.25) is 0 Å². The third kappa shape index (κ3) is 5.82. The highest BCUT2D eigenvalue weighted by molar-refractivity contribution is 5.84. The molecule has 2 rings (SSSR count). The minimum Gasteiger partial charge on any atom is -0.490 e. The summed E-state index contributed by atoms with van der Waals surface area (Å²) in [5.41, 5.74) is 4.31. The van der Waals surface area contributed by atoms with Crippen LogP contribution in [0.5, 0.6) is 11.5 Å². The van der Waals surface area contributed by atoms with Crippen LogP contribution in [0, 0.1) is 6.92 Å². The number of nitrogens with one attached hydrogen (secondary N) is 1. The van der Waals surface area contributed by atoms with E-state index in [4.69, 9.17) is 9.47 Å². The number of hydrazone groups is 1. The molecule has 5 heteroatoms. The fourth-order valence-electron chi connectivity index (χ4n) is 1.93. The van der Waals surface area contributed by atoms with Crippen molar-refractivity contribution < 1.29 is 14.3 Å². The van der Waals surface area contributed by atoms with E-state index in [1.807, 2.05) is 55.5 Å². The lowest BCUT2D eigenvalue weighted by atomic mass is 10.2. The summed E-state index contributed by atoms with van der Waals surface area (Å²) in [5, 5.41) is 3.85. The van der Waals surface area contributed by atoms with Gasteiger partial charge in [0.1, 0.15) is 24.7 Å². The van der Waals surface area contributed by atoms with Crippen molar-refractivity contribution in [2.45, 2.75) is 13.8 Å². The van der Waals surface area contributed by atoms with E-state index in [0.717, 1.165) is 16.9 Å². The minimum absolute atomic E-state index is 0.216. The van der Waals surface area contributed by atoms with Gasteiger partial charge in [-0.3, -0.25) is 4.79 Å². The van der Waals surface area contributed by atoms with Crippen LogP contribution in [0.4, 0.5) is 0 Å². The van der Waals surface area contributed by atoms with E-state index in [-0.39, 0.29) is 5.91 Å². The zero-order chi connectivity index (χ0) is 16.5. The Morgan fingerprint density at radius 3 is 2.70 bits per heavy atom. The topological polar surface area (TPSA) is 59.9 Å². The zero-order valence-electron chi connectivity index (χ0n) is 13.3.